The van der Waals surface area contributed by atoms with Crippen LogP contribution in [0.3, 0.4) is 0 Å². The highest BCUT2D eigenvalue weighted by atomic mass is 16.5. The third kappa shape index (κ3) is 2.73. The van der Waals surface area contributed by atoms with Crippen molar-refractivity contribution in [1.82, 2.24) is 0 Å². The quantitative estimate of drug-likeness (QED) is 0.897. The van der Waals surface area contributed by atoms with Crippen molar-refractivity contribution in [2.24, 2.45) is 5.92 Å². The topological polar surface area (TPSA) is 62.5 Å². The van der Waals surface area contributed by atoms with E-state index in [0.29, 0.717) is 17.7 Å². The van der Waals surface area contributed by atoms with Gasteiger partial charge in [0, 0.05) is 17.5 Å². The number of methoxy groups -OCH3 is 1. The molecule has 0 amide bonds. The number of fused-ring (bicyclic) bond motifs is 1. The minimum absolute atomic E-state index is 0.143. The summed E-state index contributed by atoms with van der Waals surface area (Å²) in [6.07, 6.45) is 1.66. The van der Waals surface area contributed by atoms with E-state index >= 15 is 0 Å². The van der Waals surface area contributed by atoms with E-state index in [2.05, 4.69) is 6.07 Å². The van der Waals surface area contributed by atoms with Crippen LogP contribution in [0.25, 0.3) is 0 Å². The van der Waals surface area contributed by atoms with Crippen molar-refractivity contribution in [3.8, 4) is 17.6 Å². The predicted molar refractivity (Wildman–Crippen MR) is 75.8 cm³/mol. The SMILES string of the molecule is CCCC(C#N)C(O)c1cc2c(cc1OC)CC(C)O2. The van der Waals surface area contributed by atoms with Crippen LogP contribution in [-0.2, 0) is 6.42 Å². The monoisotopic (exact) mass is 275 g/mol. The second-order valence-corrected chi connectivity index (χ2v) is 5.30. The molecule has 4 heteroatoms. The molecule has 3 atom stereocenters. The van der Waals surface area contributed by atoms with Gasteiger partial charge in [0.25, 0.3) is 0 Å². The smallest absolute Gasteiger partial charge is 0.125 e. The average molecular weight is 275 g/mol. The number of nitriles is 1. The number of hydrogen-bond donors (Lipinski definition) is 1. The van der Waals surface area contributed by atoms with E-state index in [4.69, 9.17) is 9.47 Å². The summed E-state index contributed by atoms with van der Waals surface area (Å²) < 4.78 is 11.1. The van der Waals surface area contributed by atoms with Crippen LogP contribution >= 0.6 is 0 Å². The van der Waals surface area contributed by atoms with Crippen LogP contribution in [0.4, 0.5) is 0 Å². The molecule has 0 aromatic heterocycles. The third-order valence-electron chi connectivity index (χ3n) is 3.71. The Kier molecular flexibility index (Phi) is 4.51. The number of rotatable bonds is 5. The first-order chi connectivity index (χ1) is 9.60. The molecule has 1 heterocycles. The molecule has 0 spiro atoms. The van der Waals surface area contributed by atoms with Crippen molar-refractivity contribution in [1.29, 1.82) is 5.26 Å². The molecule has 0 saturated carbocycles. The van der Waals surface area contributed by atoms with E-state index in [1.807, 2.05) is 26.0 Å². The lowest BCUT2D eigenvalue weighted by molar-refractivity contribution is 0.126. The van der Waals surface area contributed by atoms with Gasteiger partial charge in [0.05, 0.1) is 25.2 Å². The van der Waals surface area contributed by atoms with Crippen LogP contribution in [0.15, 0.2) is 12.1 Å². The fourth-order valence-electron chi connectivity index (χ4n) is 2.68. The molecule has 1 aromatic rings. The lowest BCUT2D eigenvalue weighted by atomic mass is 9.91. The molecule has 20 heavy (non-hydrogen) atoms. The second-order valence-electron chi connectivity index (χ2n) is 5.30. The number of aliphatic hydroxyl groups excluding tert-OH is 1. The molecule has 3 unspecified atom stereocenters. The zero-order chi connectivity index (χ0) is 14.7. The van der Waals surface area contributed by atoms with Gasteiger partial charge in [0.15, 0.2) is 0 Å². The van der Waals surface area contributed by atoms with Gasteiger partial charge >= 0.3 is 0 Å². The highest BCUT2D eigenvalue weighted by molar-refractivity contribution is 5.49. The summed E-state index contributed by atoms with van der Waals surface area (Å²) in [5, 5.41) is 19.7. The van der Waals surface area contributed by atoms with Crippen molar-refractivity contribution < 1.29 is 14.6 Å². The van der Waals surface area contributed by atoms with Crippen LogP contribution in [-0.4, -0.2) is 18.3 Å². The molecule has 0 fully saturated rings. The molecule has 4 nitrogen and oxygen atoms in total. The van der Waals surface area contributed by atoms with E-state index in [9.17, 15) is 10.4 Å². The minimum Gasteiger partial charge on any atom is -0.496 e. The first-order valence-corrected chi connectivity index (χ1v) is 7.05. The maximum Gasteiger partial charge on any atom is 0.125 e. The molecular formula is C16H21NO3. The molecule has 1 aliphatic rings. The largest absolute Gasteiger partial charge is 0.496 e. The summed E-state index contributed by atoms with van der Waals surface area (Å²) in [7, 11) is 1.58. The lowest BCUT2D eigenvalue weighted by Crippen LogP contribution is -2.12. The molecule has 0 aliphatic carbocycles. The van der Waals surface area contributed by atoms with E-state index in [0.717, 1.165) is 24.2 Å². The van der Waals surface area contributed by atoms with Crippen molar-refractivity contribution in [3.05, 3.63) is 23.3 Å². The van der Waals surface area contributed by atoms with Gasteiger partial charge in [-0.3, -0.25) is 0 Å². The molecule has 1 aromatic carbocycles. The predicted octanol–water partition coefficient (Wildman–Crippen LogP) is 2.99. The number of hydrogen-bond acceptors (Lipinski definition) is 4. The highest BCUT2D eigenvalue weighted by Crippen LogP contribution is 2.40. The summed E-state index contributed by atoms with van der Waals surface area (Å²) in [5.74, 6) is 0.997. The van der Waals surface area contributed by atoms with Crippen LogP contribution in [0, 0.1) is 17.2 Å². The first kappa shape index (κ1) is 14.7. The van der Waals surface area contributed by atoms with Gasteiger partial charge in [0.2, 0.25) is 0 Å². The Labute approximate surface area is 119 Å². The van der Waals surface area contributed by atoms with Gasteiger partial charge in [-0.1, -0.05) is 13.3 Å². The van der Waals surface area contributed by atoms with Gasteiger partial charge in [0.1, 0.15) is 17.6 Å². The number of benzene rings is 1. The van der Waals surface area contributed by atoms with E-state index in [-0.39, 0.29) is 6.10 Å². The maximum absolute atomic E-state index is 10.5. The number of aliphatic hydroxyl groups is 1. The third-order valence-corrected chi connectivity index (χ3v) is 3.71. The Morgan fingerprint density at radius 3 is 2.90 bits per heavy atom. The Hall–Kier alpha value is -1.73. The Balaban J connectivity index is 2.36. The fourth-order valence-corrected chi connectivity index (χ4v) is 2.68. The molecule has 2 rings (SSSR count). The summed E-state index contributed by atoms with van der Waals surface area (Å²) in [6.45, 7) is 4.01. The number of ether oxygens (including phenoxy) is 2. The minimum atomic E-state index is -0.847. The Bertz CT molecular complexity index is 521. The van der Waals surface area contributed by atoms with Crippen molar-refractivity contribution in [2.75, 3.05) is 7.11 Å². The molecule has 0 radical (unpaired) electrons. The summed E-state index contributed by atoms with van der Waals surface area (Å²) in [6, 6.07) is 5.92. The average Bonchev–Trinajstić information content (AvgIpc) is 2.81. The zero-order valence-electron chi connectivity index (χ0n) is 12.2. The fraction of sp³-hybridized carbons (Fsp3) is 0.562. The normalized spacial score (nSPS) is 19.6. The molecular weight excluding hydrogens is 254 g/mol. The first-order valence-electron chi connectivity index (χ1n) is 7.05. The molecule has 0 saturated heterocycles. The van der Waals surface area contributed by atoms with Crippen molar-refractivity contribution >= 4 is 0 Å². The van der Waals surface area contributed by atoms with Crippen LogP contribution in [0.1, 0.15) is 43.9 Å². The highest BCUT2D eigenvalue weighted by Gasteiger charge is 2.27. The summed E-state index contributed by atoms with van der Waals surface area (Å²) in [4.78, 5) is 0. The van der Waals surface area contributed by atoms with Crippen LogP contribution in [0.2, 0.25) is 0 Å². The lowest BCUT2D eigenvalue weighted by Gasteiger charge is -2.20. The van der Waals surface area contributed by atoms with Gasteiger partial charge in [-0.25, -0.2) is 0 Å². The molecule has 0 bridgehead atoms. The van der Waals surface area contributed by atoms with E-state index in [1.165, 1.54) is 0 Å². The maximum atomic E-state index is 10.5. The summed E-state index contributed by atoms with van der Waals surface area (Å²) >= 11 is 0. The molecule has 108 valence electrons. The van der Waals surface area contributed by atoms with Gasteiger partial charge in [-0.05, 0) is 25.5 Å². The Morgan fingerprint density at radius 2 is 2.30 bits per heavy atom. The summed E-state index contributed by atoms with van der Waals surface area (Å²) in [5.41, 5.74) is 1.73. The van der Waals surface area contributed by atoms with E-state index in [1.54, 1.807) is 7.11 Å². The molecule has 1 aliphatic heterocycles. The van der Waals surface area contributed by atoms with Gasteiger partial charge in [-0.15, -0.1) is 0 Å². The van der Waals surface area contributed by atoms with Crippen LogP contribution < -0.4 is 9.47 Å². The number of nitrogens with zero attached hydrogens (tertiary/aromatic N) is 1. The van der Waals surface area contributed by atoms with Gasteiger partial charge in [-0.2, -0.15) is 5.26 Å². The zero-order valence-corrected chi connectivity index (χ0v) is 12.2. The van der Waals surface area contributed by atoms with E-state index < -0.39 is 12.0 Å². The second kappa shape index (κ2) is 6.15. The Morgan fingerprint density at radius 1 is 1.55 bits per heavy atom. The standard InChI is InChI=1S/C16H21NO3/c1-4-5-11(9-17)16(18)13-8-14-12(6-10(2)20-14)7-15(13)19-3/h7-8,10-11,16,18H,4-6H2,1-3H3. The van der Waals surface area contributed by atoms with Crippen molar-refractivity contribution in [3.63, 3.8) is 0 Å². The van der Waals surface area contributed by atoms with Crippen molar-refractivity contribution in [2.45, 2.75) is 45.3 Å². The molecule has 1 N–H and O–H groups in total. The van der Waals surface area contributed by atoms with Gasteiger partial charge < -0.3 is 14.6 Å². The van der Waals surface area contributed by atoms with Crippen LogP contribution in [0.5, 0.6) is 11.5 Å².